The number of rotatable bonds is 1. The molecule has 0 radical (unpaired) electrons. The molecule has 0 atom stereocenters. The zero-order valence-corrected chi connectivity index (χ0v) is 14.1. The molecule has 0 aliphatic heterocycles. The lowest BCUT2D eigenvalue weighted by Gasteiger charge is -2.08. The molecule has 102 valence electrons. The second-order valence-corrected chi connectivity index (χ2v) is 7.16. The van der Waals surface area contributed by atoms with Crippen molar-refractivity contribution in [3.63, 3.8) is 0 Å². The molecule has 0 spiro atoms. The molecular weight excluding hydrogens is 364 g/mol. The summed E-state index contributed by atoms with van der Waals surface area (Å²) in [5.74, 6) is 0. The summed E-state index contributed by atoms with van der Waals surface area (Å²) in [4.78, 5) is 0. The van der Waals surface area contributed by atoms with Gasteiger partial charge in [-0.3, -0.25) is 0 Å². The van der Waals surface area contributed by atoms with E-state index in [0.29, 0.717) is 0 Å². The van der Waals surface area contributed by atoms with E-state index in [2.05, 4.69) is 64.5 Å². The quantitative estimate of drug-likeness (QED) is 0.332. The van der Waals surface area contributed by atoms with Crippen molar-refractivity contribution in [3.8, 4) is 11.1 Å². The molecule has 1 aromatic heterocycles. The van der Waals surface area contributed by atoms with Crippen molar-refractivity contribution < 1.29 is 0 Å². The maximum atomic E-state index is 6.26. The second kappa shape index (κ2) is 5.13. The monoisotopic (exact) mass is 372 g/mol. The van der Waals surface area contributed by atoms with E-state index >= 15 is 0 Å². The predicted molar refractivity (Wildman–Crippen MR) is 97.5 cm³/mol. The first-order valence-electron chi connectivity index (χ1n) is 6.60. The van der Waals surface area contributed by atoms with Crippen molar-refractivity contribution in [2.24, 2.45) is 0 Å². The summed E-state index contributed by atoms with van der Waals surface area (Å²) in [6, 6.07) is 21.0. The van der Waals surface area contributed by atoms with Gasteiger partial charge >= 0.3 is 0 Å². The minimum Gasteiger partial charge on any atom is -0.135 e. The Hall–Kier alpha value is -1.35. The Balaban J connectivity index is 2.16. The zero-order valence-electron chi connectivity index (χ0n) is 10.9. The molecule has 0 nitrogen and oxygen atoms in total. The van der Waals surface area contributed by atoms with Crippen LogP contribution < -0.4 is 0 Å². The molecule has 3 aromatic carbocycles. The zero-order chi connectivity index (χ0) is 14.4. The Bertz CT molecular complexity index is 971. The van der Waals surface area contributed by atoms with E-state index < -0.39 is 0 Å². The lowest BCUT2D eigenvalue weighted by Crippen LogP contribution is -1.82. The summed E-state index contributed by atoms with van der Waals surface area (Å²) < 4.78 is 3.58. The van der Waals surface area contributed by atoms with E-state index in [0.717, 1.165) is 15.1 Å². The molecule has 0 amide bonds. The predicted octanol–water partition coefficient (Wildman–Crippen LogP) is 7.14. The third-order valence-corrected chi connectivity index (χ3v) is 6.18. The van der Waals surface area contributed by atoms with Gasteiger partial charge in [0, 0.05) is 24.6 Å². The Morgan fingerprint density at radius 2 is 1.48 bits per heavy atom. The molecule has 0 fully saturated rings. The minimum atomic E-state index is 0.740. The highest BCUT2D eigenvalue weighted by Crippen LogP contribution is 2.42. The molecule has 4 rings (SSSR count). The van der Waals surface area contributed by atoms with Crippen LogP contribution in [0.25, 0.3) is 31.3 Å². The fraction of sp³-hybridized carbons (Fsp3) is 0. The lowest BCUT2D eigenvalue weighted by atomic mass is 9.99. The summed E-state index contributed by atoms with van der Waals surface area (Å²) in [6.45, 7) is 0. The van der Waals surface area contributed by atoms with Crippen molar-refractivity contribution >= 4 is 59.0 Å². The fourth-order valence-corrected chi connectivity index (χ4v) is 4.50. The summed E-state index contributed by atoms with van der Waals surface area (Å²) in [6.07, 6.45) is 0. The van der Waals surface area contributed by atoms with Crippen molar-refractivity contribution in [1.82, 2.24) is 0 Å². The Labute approximate surface area is 140 Å². The van der Waals surface area contributed by atoms with Crippen LogP contribution in [0.4, 0.5) is 0 Å². The number of benzene rings is 3. The van der Waals surface area contributed by atoms with Crippen LogP contribution in [0.5, 0.6) is 0 Å². The topological polar surface area (TPSA) is 0 Å². The van der Waals surface area contributed by atoms with Gasteiger partial charge in [-0.15, -0.1) is 11.3 Å². The van der Waals surface area contributed by atoms with Gasteiger partial charge in [-0.05, 0) is 45.3 Å². The van der Waals surface area contributed by atoms with E-state index in [9.17, 15) is 0 Å². The maximum absolute atomic E-state index is 6.26. The van der Waals surface area contributed by atoms with Crippen LogP contribution in [0, 0.1) is 0 Å². The largest absolute Gasteiger partial charge is 0.135 e. The number of fused-ring (bicyclic) bond motifs is 3. The number of thiophene rings is 1. The lowest BCUT2D eigenvalue weighted by molar-refractivity contribution is 1.62. The first-order chi connectivity index (χ1) is 10.3. The first-order valence-corrected chi connectivity index (χ1v) is 8.59. The van der Waals surface area contributed by atoms with Gasteiger partial charge in [0.1, 0.15) is 0 Å². The van der Waals surface area contributed by atoms with E-state index in [-0.39, 0.29) is 0 Å². The second-order valence-electron chi connectivity index (χ2n) is 4.88. The Kier molecular flexibility index (Phi) is 3.26. The van der Waals surface area contributed by atoms with Crippen LogP contribution in [0.1, 0.15) is 0 Å². The highest BCUT2D eigenvalue weighted by atomic mass is 79.9. The molecule has 0 aliphatic carbocycles. The molecule has 0 N–H and O–H groups in total. The molecule has 0 unspecified atom stereocenters. The van der Waals surface area contributed by atoms with Crippen LogP contribution in [-0.2, 0) is 0 Å². The molecule has 3 heteroatoms. The third kappa shape index (κ3) is 2.10. The molecule has 0 aliphatic rings. The molecule has 0 saturated heterocycles. The van der Waals surface area contributed by atoms with Crippen LogP contribution in [0.2, 0.25) is 5.02 Å². The van der Waals surface area contributed by atoms with Crippen molar-refractivity contribution in [3.05, 3.63) is 70.2 Å². The van der Waals surface area contributed by atoms with Crippen molar-refractivity contribution in [2.75, 3.05) is 0 Å². The van der Waals surface area contributed by atoms with E-state index in [1.165, 1.54) is 25.7 Å². The fourth-order valence-electron chi connectivity index (χ4n) is 2.71. The van der Waals surface area contributed by atoms with Gasteiger partial charge in [0.05, 0.1) is 5.02 Å². The number of hydrogen-bond donors (Lipinski definition) is 0. The van der Waals surface area contributed by atoms with Gasteiger partial charge in [-0.2, -0.15) is 0 Å². The highest BCUT2D eigenvalue weighted by Gasteiger charge is 2.13. The van der Waals surface area contributed by atoms with Crippen LogP contribution >= 0.6 is 38.9 Å². The average molecular weight is 374 g/mol. The summed E-state index contributed by atoms with van der Waals surface area (Å²) >= 11 is 11.7. The smallest absolute Gasteiger partial charge is 0.0554 e. The maximum Gasteiger partial charge on any atom is 0.0554 e. The normalized spacial score (nSPS) is 11.3. The Morgan fingerprint density at radius 3 is 2.38 bits per heavy atom. The van der Waals surface area contributed by atoms with Crippen LogP contribution in [0.15, 0.2) is 65.1 Å². The molecule has 0 saturated carbocycles. The van der Waals surface area contributed by atoms with Gasteiger partial charge in [0.2, 0.25) is 0 Å². The molecule has 4 aromatic rings. The van der Waals surface area contributed by atoms with Gasteiger partial charge in [-0.25, -0.2) is 0 Å². The van der Waals surface area contributed by atoms with Gasteiger partial charge < -0.3 is 0 Å². The molecule has 1 heterocycles. The first kappa shape index (κ1) is 13.3. The minimum absolute atomic E-state index is 0.740. The third-order valence-electron chi connectivity index (χ3n) is 3.64. The van der Waals surface area contributed by atoms with Gasteiger partial charge in [0.15, 0.2) is 0 Å². The van der Waals surface area contributed by atoms with Crippen LogP contribution in [-0.4, -0.2) is 0 Å². The SMILES string of the molecule is Clc1cccc(-c2cccc3sc4ccccc4c23)c1Br. The molecule has 21 heavy (non-hydrogen) atoms. The highest BCUT2D eigenvalue weighted by molar-refractivity contribution is 9.10. The van der Waals surface area contributed by atoms with Crippen molar-refractivity contribution in [2.45, 2.75) is 0 Å². The van der Waals surface area contributed by atoms with Gasteiger partial charge in [0.25, 0.3) is 0 Å². The average Bonchev–Trinajstić information content (AvgIpc) is 2.89. The Morgan fingerprint density at radius 1 is 0.762 bits per heavy atom. The van der Waals surface area contributed by atoms with Gasteiger partial charge in [-0.1, -0.05) is 54.1 Å². The summed E-state index contributed by atoms with van der Waals surface area (Å²) in [5, 5.41) is 3.35. The number of hydrogen-bond acceptors (Lipinski definition) is 1. The molecular formula is C18H10BrClS. The van der Waals surface area contributed by atoms with Crippen LogP contribution in [0.3, 0.4) is 0 Å². The standard InChI is InChI=1S/C18H10BrClS/c19-18-12(7-3-8-14(18)20)11-6-4-10-16-17(11)13-5-1-2-9-15(13)21-16/h1-10H. The summed E-state index contributed by atoms with van der Waals surface area (Å²) in [5.41, 5.74) is 2.36. The van der Waals surface area contributed by atoms with Crippen molar-refractivity contribution in [1.29, 1.82) is 0 Å². The van der Waals surface area contributed by atoms with E-state index in [4.69, 9.17) is 11.6 Å². The number of halogens is 2. The van der Waals surface area contributed by atoms with E-state index in [1.54, 1.807) is 0 Å². The van der Waals surface area contributed by atoms with E-state index in [1.807, 2.05) is 23.5 Å². The summed E-state index contributed by atoms with van der Waals surface area (Å²) in [7, 11) is 0. The molecule has 0 bridgehead atoms.